The van der Waals surface area contributed by atoms with E-state index in [-0.39, 0.29) is 11.6 Å². The summed E-state index contributed by atoms with van der Waals surface area (Å²) in [5, 5.41) is 16.5. The number of amides is 1. The van der Waals surface area contributed by atoms with Gasteiger partial charge in [-0.15, -0.1) is 0 Å². The van der Waals surface area contributed by atoms with E-state index in [4.69, 9.17) is 0 Å². The van der Waals surface area contributed by atoms with Crippen molar-refractivity contribution >= 4 is 17.3 Å². The van der Waals surface area contributed by atoms with E-state index < -0.39 is 4.92 Å². The molecule has 1 amide bonds. The van der Waals surface area contributed by atoms with Gasteiger partial charge in [-0.3, -0.25) is 14.9 Å². The van der Waals surface area contributed by atoms with Gasteiger partial charge in [0.2, 0.25) is 0 Å². The average molecular weight is 294 g/mol. The molecule has 0 saturated carbocycles. The number of rotatable bonds is 8. The molecule has 1 aromatic carbocycles. The monoisotopic (exact) mass is 294 g/mol. The Hall–Kier alpha value is -2.15. The van der Waals surface area contributed by atoms with E-state index in [0.29, 0.717) is 17.8 Å². The largest absolute Gasteiger partial charge is 0.383 e. The Labute approximate surface area is 124 Å². The SMILES string of the molecule is CNc1ccc(C(=O)NCCCCN(C)C)cc1[N+](=O)[O-]. The first kappa shape index (κ1) is 16.9. The van der Waals surface area contributed by atoms with Crippen LogP contribution in [0.1, 0.15) is 23.2 Å². The van der Waals surface area contributed by atoms with E-state index in [1.165, 1.54) is 6.07 Å². The fourth-order valence-corrected chi connectivity index (χ4v) is 1.89. The molecule has 0 saturated heterocycles. The molecule has 0 spiro atoms. The fraction of sp³-hybridized carbons (Fsp3) is 0.500. The quantitative estimate of drug-likeness (QED) is 0.433. The maximum absolute atomic E-state index is 12.0. The van der Waals surface area contributed by atoms with Crippen LogP contribution in [0.4, 0.5) is 11.4 Å². The highest BCUT2D eigenvalue weighted by Crippen LogP contribution is 2.24. The van der Waals surface area contributed by atoms with Crippen LogP contribution in [0.2, 0.25) is 0 Å². The van der Waals surface area contributed by atoms with Crippen LogP contribution in [-0.4, -0.2) is 50.0 Å². The van der Waals surface area contributed by atoms with Crippen molar-refractivity contribution in [2.24, 2.45) is 0 Å². The van der Waals surface area contributed by atoms with E-state index in [1.807, 2.05) is 14.1 Å². The molecule has 2 N–H and O–H groups in total. The third-order valence-electron chi connectivity index (χ3n) is 3.04. The van der Waals surface area contributed by atoms with Gasteiger partial charge in [0.05, 0.1) is 4.92 Å². The summed E-state index contributed by atoms with van der Waals surface area (Å²) >= 11 is 0. The highest BCUT2D eigenvalue weighted by Gasteiger charge is 2.16. The second-order valence-electron chi connectivity index (χ2n) is 5.01. The predicted octanol–water partition coefficient (Wildman–Crippen LogP) is 1.71. The molecule has 0 unspecified atom stereocenters. The van der Waals surface area contributed by atoms with Crippen molar-refractivity contribution in [3.63, 3.8) is 0 Å². The number of nitrogens with one attached hydrogen (secondary N) is 2. The standard InChI is InChI=1S/C14H22N4O3/c1-15-12-7-6-11(10-13(12)18(20)21)14(19)16-8-4-5-9-17(2)3/h6-7,10,15H,4-5,8-9H2,1-3H3,(H,16,19). The summed E-state index contributed by atoms with van der Waals surface area (Å²) < 4.78 is 0. The Morgan fingerprint density at radius 3 is 2.62 bits per heavy atom. The molecule has 7 heteroatoms. The Kier molecular flexibility index (Phi) is 6.61. The molecule has 21 heavy (non-hydrogen) atoms. The minimum Gasteiger partial charge on any atom is -0.383 e. The maximum atomic E-state index is 12.0. The normalized spacial score (nSPS) is 10.5. The summed E-state index contributed by atoms with van der Waals surface area (Å²) in [5.74, 6) is -0.286. The molecule has 0 aliphatic carbocycles. The molecule has 0 bridgehead atoms. The second-order valence-corrected chi connectivity index (χ2v) is 5.01. The number of hydrogen-bond donors (Lipinski definition) is 2. The van der Waals surface area contributed by atoms with Gasteiger partial charge in [0, 0.05) is 25.2 Å². The molecule has 7 nitrogen and oxygen atoms in total. The highest BCUT2D eigenvalue weighted by atomic mass is 16.6. The lowest BCUT2D eigenvalue weighted by molar-refractivity contribution is -0.384. The van der Waals surface area contributed by atoms with Gasteiger partial charge in [-0.1, -0.05) is 0 Å². The summed E-state index contributed by atoms with van der Waals surface area (Å²) in [4.78, 5) is 24.5. The molecule has 0 aromatic heterocycles. The van der Waals surface area contributed by atoms with Crippen molar-refractivity contribution in [3.05, 3.63) is 33.9 Å². The highest BCUT2D eigenvalue weighted by molar-refractivity contribution is 5.95. The maximum Gasteiger partial charge on any atom is 0.293 e. The molecule has 0 radical (unpaired) electrons. The molecule has 0 aliphatic heterocycles. The number of hydrogen-bond acceptors (Lipinski definition) is 5. The Balaban J connectivity index is 2.58. The van der Waals surface area contributed by atoms with Crippen molar-refractivity contribution in [2.75, 3.05) is 39.5 Å². The van der Waals surface area contributed by atoms with Crippen molar-refractivity contribution in [1.29, 1.82) is 0 Å². The zero-order chi connectivity index (χ0) is 15.8. The molecule has 1 aromatic rings. The lowest BCUT2D eigenvalue weighted by Crippen LogP contribution is -2.25. The smallest absolute Gasteiger partial charge is 0.293 e. The van der Waals surface area contributed by atoms with Gasteiger partial charge >= 0.3 is 0 Å². The van der Waals surface area contributed by atoms with Crippen LogP contribution in [0.5, 0.6) is 0 Å². The summed E-state index contributed by atoms with van der Waals surface area (Å²) in [6.07, 6.45) is 1.87. The first-order valence-electron chi connectivity index (χ1n) is 6.85. The van der Waals surface area contributed by atoms with E-state index >= 15 is 0 Å². The zero-order valence-corrected chi connectivity index (χ0v) is 12.7. The minimum atomic E-state index is -0.500. The third kappa shape index (κ3) is 5.39. The van der Waals surface area contributed by atoms with E-state index in [2.05, 4.69) is 15.5 Å². The number of benzene rings is 1. The van der Waals surface area contributed by atoms with Crippen molar-refractivity contribution in [3.8, 4) is 0 Å². The van der Waals surface area contributed by atoms with Crippen LogP contribution < -0.4 is 10.6 Å². The molecular formula is C14H22N4O3. The molecule has 0 heterocycles. The molecule has 0 fully saturated rings. The van der Waals surface area contributed by atoms with E-state index in [0.717, 1.165) is 19.4 Å². The number of unbranched alkanes of at least 4 members (excludes halogenated alkanes) is 1. The Morgan fingerprint density at radius 1 is 1.33 bits per heavy atom. The minimum absolute atomic E-state index is 0.0993. The van der Waals surface area contributed by atoms with Gasteiger partial charge < -0.3 is 15.5 Å². The Bertz CT molecular complexity index is 503. The molecular weight excluding hydrogens is 272 g/mol. The first-order chi connectivity index (χ1) is 9.95. The van der Waals surface area contributed by atoms with Gasteiger partial charge in [-0.05, 0) is 45.6 Å². The first-order valence-corrected chi connectivity index (χ1v) is 6.85. The van der Waals surface area contributed by atoms with Gasteiger partial charge in [-0.2, -0.15) is 0 Å². The summed E-state index contributed by atoms with van der Waals surface area (Å²) in [5.41, 5.74) is 0.591. The molecule has 0 atom stereocenters. The van der Waals surface area contributed by atoms with Gasteiger partial charge in [0.1, 0.15) is 5.69 Å². The molecule has 116 valence electrons. The summed E-state index contributed by atoms with van der Waals surface area (Å²) in [6.45, 7) is 1.53. The fourth-order valence-electron chi connectivity index (χ4n) is 1.89. The van der Waals surface area contributed by atoms with Gasteiger partial charge in [0.25, 0.3) is 11.6 Å². The number of nitro benzene ring substituents is 1. The number of carbonyl (C=O) groups is 1. The number of nitro groups is 1. The van der Waals surface area contributed by atoms with Crippen molar-refractivity contribution in [2.45, 2.75) is 12.8 Å². The molecule has 0 aliphatic rings. The molecule has 1 rings (SSSR count). The lowest BCUT2D eigenvalue weighted by atomic mass is 10.1. The number of carbonyl (C=O) groups excluding carboxylic acids is 1. The third-order valence-corrected chi connectivity index (χ3v) is 3.04. The lowest BCUT2D eigenvalue weighted by Gasteiger charge is -2.10. The van der Waals surface area contributed by atoms with Crippen molar-refractivity contribution in [1.82, 2.24) is 10.2 Å². The summed E-state index contributed by atoms with van der Waals surface area (Å²) in [6, 6.07) is 4.41. The van der Waals surface area contributed by atoms with Crippen molar-refractivity contribution < 1.29 is 9.72 Å². The Morgan fingerprint density at radius 2 is 2.05 bits per heavy atom. The number of anilines is 1. The average Bonchev–Trinajstić information content (AvgIpc) is 2.45. The van der Waals surface area contributed by atoms with Gasteiger partial charge in [0.15, 0.2) is 0 Å². The van der Waals surface area contributed by atoms with Crippen LogP contribution in [0.3, 0.4) is 0 Å². The van der Waals surface area contributed by atoms with Gasteiger partial charge in [-0.25, -0.2) is 0 Å². The summed E-state index contributed by atoms with van der Waals surface area (Å²) in [7, 11) is 5.61. The van der Waals surface area contributed by atoms with E-state index in [1.54, 1.807) is 19.2 Å². The van der Waals surface area contributed by atoms with Crippen LogP contribution >= 0.6 is 0 Å². The van der Waals surface area contributed by atoms with Crippen LogP contribution in [0, 0.1) is 10.1 Å². The van der Waals surface area contributed by atoms with Crippen LogP contribution in [0.15, 0.2) is 18.2 Å². The predicted molar refractivity (Wildman–Crippen MR) is 82.8 cm³/mol. The van der Waals surface area contributed by atoms with E-state index in [9.17, 15) is 14.9 Å². The van der Waals surface area contributed by atoms with Crippen LogP contribution in [-0.2, 0) is 0 Å². The topological polar surface area (TPSA) is 87.5 Å². The second kappa shape index (κ2) is 8.21. The van der Waals surface area contributed by atoms with Crippen LogP contribution in [0.25, 0.3) is 0 Å². The zero-order valence-electron chi connectivity index (χ0n) is 12.7. The number of nitrogens with zero attached hydrogens (tertiary/aromatic N) is 2.